The van der Waals surface area contributed by atoms with Crippen LogP contribution in [-0.4, -0.2) is 72.7 Å². The molecule has 1 atom stereocenters. The molecule has 3 rings (SSSR count). The molecule has 2 N–H and O–H groups in total. The molecule has 27 heavy (non-hydrogen) atoms. The monoisotopic (exact) mass is 373 g/mol. The van der Waals surface area contributed by atoms with Gasteiger partial charge in [0.15, 0.2) is 5.60 Å². The van der Waals surface area contributed by atoms with Gasteiger partial charge in [-0.25, -0.2) is 0 Å². The Morgan fingerprint density at radius 2 is 1.93 bits per heavy atom. The zero-order chi connectivity index (χ0) is 19.1. The van der Waals surface area contributed by atoms with Crippen LogP contribution in [0.3, 0.4) is 0 Å². The van der Waals surface area contributed by atoms with Crippen molar-refractivity contribution < 1.29 is 9.90 Å². The summed E-state index contributed by atoms with van der Waals surface area (Å²) in [5.41, 5.74) is 0.0771. The largest absolute Gasteiger partial charge is 0.379 e. The summed E-state index contributed by atoms with van der Waals surface area (Å²) in [6, 6.07) is 10.4. The number of nitrogens with one attached hydrogen (secondary N) is 1. The highest BCUT2D eigenvalue weighted by molar-refractivity contribution is 5.86. The molecule has 150 valence electrons. The van der Waals surface area contributed by atoms with Gasteiger partial charge in [0.1, 0.15) is 0 Å². The van der Waals surface area contributed by atoms with Crippen LogP contribution in [0.2, 0.25) is 0 Å². The highest BCUT2D eigenvalue weighted by Crippen LogP contribution is 2.23. The standard InChI is InChI=1S/C22H35N3O2/c1-24-15-10-20(11-16-24)17-23-18-22(27)12-6-14-25(21(22)26)13-5-9-19-7-3-2-4-8-19/h2-4,7-8,20,23,27H,5-6,9-18H2,1H3. The fraction of sp³-hybridized carbons (Fsp3) is 0.682. The minimum atomic E-state index is -1.23. The first-order valence-electron chi connectivity index (χ1n) is 10.5. The maximum atomic E-state index is 12.8. The Labute approximate surface area is 163 Å². The highest BCUT2D eigenvalue weighted by atomic mass is 16.3. The second-order valence-electron chi connectivity index (χ2n) is 8.39. The number of rotatable bonds is 8. The Morgan fingerprint density at radius 3 is 2.67 bits per heavy atom. The van der Waals surface area contributed by atoms with Gasteiger partial charge in [0.2, 0.25) is 0 Å². The summed E-state index contributed by atoms with van der Waals surface area (Å²) in [6.45, 7) is 5.07. The third kappa shape index (κ3) is 5.77. The molecule has 0 spiro atoms. The van der Waals surface area contributed by atoms with Crippen LogP contribution in [0.4, 0.5) is 0 Å². The van der Waals surface area contributed by atoms with Crippen LogP contribution in [0.1, 0.15) is 37.7 Å². The van der Waals surface area contributed by atoms with Crippen molar-refractivity contribution in [3.05, 3.63) is 35.9 Å². The second-order valence-corrected chi connectivity index (χ2v) is 8.39. The van der Waals surface area contributed by atoms with Gasteiger partial charge in [0.05, 0.1) is 0 Å². The van der Waals surface area contributed by atoms with Gasteiger partial charge < -0.3 is 20.2 Å². The average molecular weight is 374 g/mol. The molecule has 2 fully saturated rings. The highest BCUT2D eigenvalue weighted by Gasteiger charge is 2.41. The Kier molecular flexibility index (Phi) is 7.27. The van der Waals surface area contributed by atoms with Crippen LogP contribution in [0.5, 0.6) is 0 Å². The Balaban J connectivity index is 1.42. The van der Waals surface area contributed by atoms with Gasteiger partial charge in [-0.2, -0.15) is 0 Å². The summed E-state index contributed by atoms with van der Waals surface area (Å²) >= 11 is 0. The van der Waals surface area contributed by atoms with Gasteiger partial charge in [-0.15, -0.1) is 0 Å². The number of aliphatic hydroxyl groups is 1. The van der Waals surface area contributed by atoms with E-state index in [0.717, 1.165) is 52.0 Å². The van der Waals surface area contributed by atoms with E-state index in [4.69, 9.17) is 0 Å². The quantitative estimate of drug-likeness (QED) is 0.731. The first-order chi connectivity index (χ1) is 13.1. The van der Waals surface area contributed by atoms with E-state index in [0.29, 0.717) is 18.9 Å². The summed E-state index contributed by atoms with van der Waals surface area (Å²) in [5, 5.41) is 14.3. The van der Waals surface area contributed by atoms with Crippen LogP contribution in [-0.2, 0) is 11.2 Å². The normalized spacial score (nSPS) is 25.1. The number of aryl methyl sites for hydroxylation is 1. The van der Waals surface area contributed by atoms with E-state index in [1.54, 1.807) is 0 Å². The van der Waals surface area contributed by atoms with Gasteiger partial charge in [-0.3, -0.25) is 4.79 Å². The van der Waals surface area contributed by atoms with Gasteiger partial charge in [-0.1, -0.05) is 30.3 Å². The molecule has 1 aromatic rings. The molecule has 2 aliphatic rings. The van der Waals surface area contributed by atoms with Crippen molar-refractivity contribution in [3.63, 3.8) is 0 Å². The number of carbonyl (C=O) groups excluding carboxylic acids is 1. The fourth-order valence-electron chi connectivity index (χ4n) is 4.31. The van der Waals surface area contributed by atoms with Crippen LogP contribution >= 0.6 is 0 Å². The van der Waals surface area contributed by atoms with Crippen molar-refractivity contribution in [2.24, 2.45) is 5.92 Å². The van der Waals surface area contributed by atoms with Crippen molar-refractivity contribution in [2.75, 3.05) is 46.3 Å². The SMILES string of the molecule is CN1CCC(CNCC2(O)CCCN(CCCc3ccccc3)C2=O)CC1. The van der Waals surface area contributed by atoms with E-state index in [9.17, 15) is 9.90 Å². The van der Waals surface area contributed by atoms with Crippen LogP contribution in [0.15, 0.2) is 30.3 Å². The van der Waals surface area contributed by atoms with E-state index in [2.05, 4.69) is 41.5 Å². The smallest absolute Gasteiger partial charge is 0.255 e. The summed E-state index contributed by atoms with van der Waals surface area (Å²) in [6.07, 6.45) is 5.75. The van der Waals surface area contributed by atoms with E-state index in [1.165, 1.54) is 18.4 Å². The minimum absolute atomic E-state index is 0.0855. The lowest BCUT2D eigenvalue weighted by Crippen LogP contribution is -2.58. The topological polar surface area (TPSA) is 55.8 Å². The number of carbonyl (C=O) groups is 1. The molecule has 0 bridgehead atoms. The Hall–Kier alpha value is -1.43. The Morgan fingerprint density at radius 1 is 1.19 bits per heavy atom. The predicted molar refractivity (Wildman–Crippen MR) is 109 cm³/mol. The van der Waals surface area contributed by atoms with E-state index in [-0.39, 0.29) is 5.91 Å². The van der Waals surface area contributed by atoms with Crippen molar-refractivity contribution in [3.8, 4) is 0 Å². The van der Waals surface area contributed by atoms with Crippen LogP contribution in [0, 0.1) is 5.92 Å². The molecule has 2 heterocycles. The molecule has 5 nitrogen and oxygen atoms in total. The van der Waals surface area contributed by atoms with Crippen molar-refractivity contribution in [2.45, 2.75) is 44.1 Å². The molecular weight excluding hydrogens is 338 g/mol. The van der Waals surface area contributed by atoms with Crippen LogP contribution < -0.4 is 5.32 Å². The molecule has 1 aromatic carbocycles. The third-order valence-corrected chi connectivity index (χ3v) is 6.13. The Bertz CT molecular complexity index is 586. The molecule has 2 saturated heterocycles. The first-order valence-corrected chi connectivity index (χ1v) is 10.5. The number of amides is 1. The molecular formula is C22H35N3O2. The van der Waals surface area contributed by atoms with Gasteiger partial charge in [0.25, 0.3) is 5.91 Å². The summed E-state index contributed by atoms with van der Waals surface area (Å²) in [7, 11) is 2.17. The van der Waals surface area contributed by atoms with E-state index >= 15 is 0 Å². The number of hydrogen-bond acceptors (Lipinski definition) is 4. The average Bonchev–Trinajstić information content (AvgIpc) is 2.68. The van der Waals surface area contributed by atoms with Gasteiger partial charge in [0, 0.05) is 19.6 Å². The lowest BCUT2D eigenvalue weighted by Gasteiger charge is -2.39. The van der Waals surface area contributed by atoms with E-state index in [1.807, 2.05) is 11.0 Å². The third-order valence-electron chi connectivity index (χ3n) is 6.13. The maximum Gasteiger partial charge on any atom is 0.255 e. The predicted octanol–water partition coefficient (Wildman–Crippen LogP) is 1.90. The lowest BCUT2D eigenvalue weighted by molar-refractivity contribution is -0.156. The van der Waals surface area contributed by atoms with Gasteiger partial charge >= 0.3 is 0 Å². The molecule has 0 radical (unpaired) electrons. The molecule has 5 heteroatoms. The zero-order valence-electron chi connectivity index (χ0n) is 16.7. The molecule has 0 aromatic heterocycles. The van der Waals surface area contributed by atoms with Gasteiger partial charge in [-0.05, 0) is 76.7 Å². The minimum Gasteiger partial charge on any atom is -0.379 e. The molecule has 1 amide bonds. The van der Waals surface area contributed by atoms with Crippen molar-refractivity contribution in [1.82, 2.24) is 15.1 Å². The number of hydrogen-bond donors (Lipinski definition) is 2. The molecule has 1 unspecified atom stereocenters. The van der Waals surface area contributed by atoms with Crippen LogP contribution in [0.25, 0.3) is 0 Å². The molecule has 0 aliphatic carbocycles. The number of piperidine rings is 2. The second kappa shape index (κ2) is 9.67. The maximum absolute atomic E-state index is 12.8. The first kappa shape index (κ1) is 20.3. The fourth-order valence-corrected chi connectivity index (χ4v) is 4.31. The summed E-state index contributed by atoms with van der Waals surface area (Å²) < 4.78 is 0. The number of nitrogens with zero attached hydrogens (tertiary/aromatic N) is 2. The molecule has 0 saturated carbocycles. The number of benzene rings is 1. The zero-order valence-corrected chi connectivity index (χ0v) is 16.7. The van der Waals surface area contributed by atoms with Crippen molar-refractivity contribution in [1.29, 1.82) is 0 Å². The van der Waals surface area contributed by atoms with E-state index < -0.39 is 5.60 Å². The number of likely N-dealkylation sites (tertiary alicyclic amines) is 2. The summed E-state index contributed by atoms with van der Waals surface area (Å²) in [5.74, 6) is 0.572. The van der Waals surface area contributed by atoms with Crippen molar-refractivity contribution >= 4 is 5.91 Å². The molecule has 2 aliphatic heterocycles. The lowest BCUT2D eigenvalue weighted by atomic mass is 9.90. The summed E-state index contributed by atoms with van der Waals surface area (Å²) in [4.78, 5) is 17.1.